The summed E-state index contributed by atoms with van der Waals surface area (Å²) >= 11 is 0. The molecule has 108 heavy (non-hydrogen) atoms. The Bertz CT molecular complexity index is 3750. The Hall–Kier alpha value is -9.64. The first kappa shape index (κ1) is 82.4. The van der Waals surface area contributed by atoms with E-state index in [-0.39, 0.29) is 106 Å². The van der Waals surface area contributed by atoms with Crippen LogP contribution in [0.25, 0.3) is 0 Å². The van der Waals surface area contributed by atoms with Gasteiger partial charge in [-0.15, -0.1) is 0 Å². The number of nitrogens with zero attached hydrogens (tertiary/aromatic N) is 5. The number of aliphatic imine (C=N–C) groups is 1. The van der Waals surface area contributed by atoms with Crippen LogP contribution in [0, 0.1) is 5.92 Å². The van der Waals surface area contributed by atoms with E-state index >= 15 is 0 Å². The fraction of sp³-hybridized carbons (Fsp3) is 0.526. The van der Waals surface area contributed by atoms with Crippen molar-refractivity contribution in [2.75, 3.05) is 156 Å². The van der Waals surface area contributed by atoms with Gasteiger partial charge in [-0.05, 0) is 85.5 Å². The molecule has 0 bridgehead atoms. The molecule has 0 spiro atoms. The summed E-state index contributed by atoms with van der Waals surface area (Å²) in [5.41, 5.74) is 3.59. The number of imide groups is 1. The minimum atomic E-state index is -1.49. The van der Waals surface area contributed by atoms with Gasteiger partial charge in [0.15, 0.2) is 29.2 Å². The molecule has 2 saturated heterocycles. The smallest absolute Gasteiger partial charge is 0.416 e. The Balaban J connectivity index is 0.611. The fourth-order valence-electron chi connectivity index (χ4n) is 12.3. The van der Waals surface area contributed by atoms with Gasteiger partial charge in [-0.2, -0.15) is 0 Å². The van der Waals surface area contributed by atoms with Gasteiger partial charge in [0.1, 0.15) is 31.9 Å². The van der Waals surface area contributed by atoms with Crippen molar-refractivity contribution in [3.63, 3.8) is 0 Å². The van der Waals surface area contributed by atoms with E-state index in [4.69, 9.17) is 61.6 Å². The highest BCUT2D eigenvalue weighted by atomic mass is 16.6. The van der Waals surface area contributed by atoms with Gasteiger partial charge < -0.3 is 97.8 Å². The summed E-state index contributed by atoms with van der Waals surface area (Å²) in [6.07, 6.45) is 4.60. The molecule has 32 heteroatoms. The van der Waals surface area contributed by atoms with E-state index in [0.29, 0.717) is 152 Å². The molecule has 0 aliphatic carbocycles. The van der Waals surface area contributed by atoms with Gasteiger partial charge in [-0.1, -0.05) is 44.2 Å². The van der Waals surface area contributed by atoms with Gasteiger partial charge in [0.25, 0.3) is 23.6 Å². The normalized spacial score (nSPS) is 17.0. The zero-order valence-corrected chi connectivity index (χ0v) is 61.8. The highest BCUT2D eigenvalue weighted by molar-refractivity contribution is 6.13. The third kappa shape index (κ3) is 24.2. The standard InChI is InChI=1S/C76H99N9O23/c1-50(2)70(81-67(87)20-25-98-27-29-100-31-33-102-35-37-104-39-40-105-38-36-103-34-32-101-30-28-99-26-21-77-66(86)19-24-84-68(88)17-18-69(84)89)72(91)79-51(3)71(90)80-55-15-13-52(14-16-55)47-108-76(95)85-61-45-65(63(97-5)43-58(61)74(93)83-23-8-12-60(83)75(85)94)107-49-54-10-6-9-53(41-54)48-106-64-44-59-57(42-62(64)96-4)73(92)82-22-7-11-56(82)46-78-59/h6,9-10,13-18,41-46,50-51,56,60,70,75,94H,7-8,11-12,19-40,47-49H2,1-5H3,(H,77,86)(H,79,91)(H,80,90)(H,81,87)/t51-,56-,60-,70-,75-/m0/s1. The van der Waals surface area contributed by atoms with Crippen LogP contribution in [-0.4, -0.2) is 256 Å². The lowest BCUT2D eigenvalue weighted by atomic mass is 10.0. The number of aliphatic hydroxyl groups excluding tert-OH is 1. The van der Waals surface area contributed by atoms with Crippen molar-refractivity contribution in [1.29, 1.82) is 0 Å². The number of nitrogens with one attached hydrogen (secondary N) is 4. The van der Waals surface area contributed by atoms with E-state index in [2.05, 4.69) is 26.3 Å². The highest BCUT2D eigenvalue weighted by Gasteiger charge is 2.46. The molecule has 5 aliphatic heterocycles. The molecule has 32 nitrogen and oxygen atoms in total. The van der Waals surface area contributed by atoms with Crippen molar-refractivity contribution in [2.45, 2.75) is 110 Å². The van der Waals surface area contributed by atoms with Crippen LogP contribution in [0.3, 0.4) is 0 Å². The second-order valence-corrected chi connectivity index (χ2v) is 26.1. The lowest BCUT2D eigenvalue weighted by Crippen LogP contribution is -2.53. The number of fused-ring (bicyclic) bond motifs is 4. The number of anilines is 2. The number of methoxy groups -OCH3 is 2. The van der Waals surface area contributed by atoms with Crippen molar-refractivity contribution >= 4 is 76.6 Å². The molecule has 586 valence electrons. The van der Waals surface area contributed by atoms with Crippen LogP contribution >= 0.6 is 0 Å². The molecule has 5 N–H and O–H groups in total. The Kier molecular flexibility index (Phi) is 32.7. The molecular weight excluding hydrogens is 1410 g/mol. The SMILES string of the molecule is COc1cc2c(cc1OCc1cccc(COc3cc4c(cc3OC)C(=O)N3CCC[C@H]3[C@H](O)N4C(=O)OCc3ccc(NC(=O)[C@H](C)NC(=O)[C@@H](NC(=O)CCOCCOCCOCCOCCOCCOCCOCCOCCNC(=O)CCN4C(=O)C=CC4=O)C(C)C)cc3)c1)N=C[C@@H]1CCCN1C2=O. The van der Waals surface area contributed by atoms with Gasteiger partial charge in [0, 0.05) is 75.2 Å². The first-order valence-electron chi connectivity index (χ1n) is 36.4. The number of amides is 9. The Morgan fingerprint density at radius 2 is 1.09 bits per heavy atom. The summed E-state index contributed by atoms with van der Waals surface area (Å²) in [6.45, 7) is 11.8. The summed E-state index contributed by atoms with van der Waals surface area (Å²) in [7, 11) is 2.96. The van der Waals surface area contributed by atoms with E-state index in [0.717, 1.165) is 33.8 Å². The molecule has 0 saturated carbocycles. The average molecular weight is 1510 g/mol. The minimum Gasteiger partial charge on any atom is -0.493 e. The number of aliphatic hydroxyl groups is 1. The number of hydrogen-bond acceptors (Lipinski definition) is 24. The lowest BCUT2D eigenvalue weighted by molar-refractivity contribution is -0.137. The van der Waals surface area contributed by atoms with Crippen LogP contribution < -0.4 is 45.1 Å². The van der Waals surface area contributed by atoms with E-state index in [1.807, 2.05) is 35.4 Å². The molecule has 0 radical (unpaired) electrons. The van der Waals surface area contributed by atoms with E-state index in [9.17, 15) is 48.3 Å². The van der Waals surface area contributed by atoms with E-state index < -0.39 is 65.9 Å². The van der Waals surface area contributed by atoms with Crippen LogP contribution in [0.15, 0.2) is 89.9 Å². The first-order chi connectivity index (χ1) is 52.4. The summed E-state index contributed by atoms with van der Waals surface area (Å²) in [4.78, 5) is 127. The minimum absolute atomic E-state index is 0.0151. The highest BCUT2D eigenvalue weighted by Crippen LogP contribution is 2.43. The molecule has 9 rings (SSSR count). The third-order valence-corrected chi connectivity index (χ3v) is 18.1. The maximum Gasteiger partial charge on any atom is 0.416 e. The van der Waals surface area contributed by atoms with Crippen LogP contribution in [0.2, 0.25) is 0 Å². The molecular formula is C76H99N9O23. The second-order valence-electron chi connectivity index (χ2n) is 26.1. The van der Waals surface area contributed by atoms with Crippen LogP contribution in [0.4, 0.5) is 21.9 Å². The Morgan fingerprint density at radius 3 is 1.68 bits per heavy atom. The molecule has 9 amide bonds. The van der Waals surface area contributed by atoms with Gasteiger partial charge in [-0.25, -0.2) is 9.69 Å². The molecule has 0 unspecified atom stereocenters. The average Bonchev–Trinajstić information content (AvgIpc) is 1.58. The summed E-state index contributed by atoms with van der Waals surface area (Å²) in [5, 5.41) is 22.8. The van der Waals surface area contributed by atoms with E-state index in [1.54, 1.807) is 55.1 Å². The topological polar surface area (TPSA) is 367 Å². The molecule has 4 aromatic carbocycles. The molecule has 5 atom stereocenters. The molecule has 4 aromatic rings. The molecule has 5 aliphatic rings. The van der Waals surface area contributed by atoms with Crippen molar-refractivity contribution in [3.8, 4) is 23.0 Å². The maximum absolute atomic E-state index is 14.3. The van der Waals surface area contributed by atoms with Gasteiger partial charge >= 0.3 is 6.09 Å². The summed E-state index contributed by atoms with van der Waals surface area (Å²) < 4.78 is 73.9. The summed E-state index contributed by atoms with van der Waals surface area (Å²) in [6, 6.07) is 17.7. The van der Waals surface area contributed by atoms with Crippen LogP contribution in [0.5, 0.6) is 23.0 Å². The predicted octanol–water partition coefficient (Wildman–Crippen LogP) is 4.80. The predicted molar refractivity (Wildman–Crippen MR) is 390 cm³/mol. The maximum atomic E-state index is 14.3. The van der Waals surface area contributed by atoms with Crippen LogP contribution in [0.1, 0.15) is 96.7 Å². The van der Waals surface area contributed by atoms with Crippen molar-refractivity contribution < 1.29 is 110 Å². The zero-order chi connectivity index (χ0) is 76.7. The van der Waals surface area contributed by atoms with Gasteiger partial charge in [-0.3, -0.25) is 48.2 Å². The Labute approximate surface area is 627 Å². The van der Waals surface area contributed by atoms with Crippen molar-refractivity contribution in [2.24, 2.45) is 10.9 Å². The number of carbonyl (C=O) groups is 9. The largest absolute Gasteiger partial charge is 0.493 e. The summed E-state index contributed by atoms with van der Waals surface area (Å²) in [5.74, 6) is -2.18. The Morgan fingerprint density at radius 1 is 0.556 bits per heavy atom. The zero-order valence-electron chi connectivity index (χ0n) is 61.8. The molecule has 5 heterocycles. The molecule has 2 fully saturated rings. The lowest BCUT2D eigenvalue weighted by Gasteiger charge is -2.31. The first-order valence-corrected chi connectivity index (χ1v) is 36.4. The molecule has 0 aromatic heterocycles. The fourth-order valence-corrected chi connectivity index (χ4v) is 12.3. The van der Waals surface area contributed by atoms with Crippen molar-refractivity contribution in [1.82, 2.24) is 30.7 Å². The monoisotopic (exact) mass is 1510 g/mol. The quantitative estimate of drug-likeness (QED) is 0.0293. The number of rotatable bonds is 46. The number of ether oxygens (including phenoxy) is 13. The number of hydrogen-bond donors (Lipinski definition) is 5. The van der Waals surface area contributed by atoms with Gasteiger partial charge in [0.05, 0.1) is 155 Å². The number of benzene rings is 4. The van der Waals surface area contributed by atoms with Gasteiger partial charge in [0.2, 0.25) is 23.6 Å². The van der Waals surface area contributed by atoms with E-state index in [1.165, 1.54) is 45.4 Å². The number of carbonyl (C=O) groups excluding carboxylic acids is 9. The van der Waals surface area contributed by atoms with Crippen molar-refractivity contribution in [3.05, 3.63) is 113 Å². The third-order valence-electron chi connectivity index (χ3n) is 18.1. The van der Waals surface area contributed by atoms with Crippen LogP contribution in [-0.2, 0) is 91.2 Å². The second kappa shape index (κ2) is 42.8.